The van der Waals surface area contributed by atoms with Crippen LogP contribution in [0.1, 0.15) is 11.3 Å². The van der Waals surface area contributed by atoms with Crippen LogP contribution in [-0.2, 0) is 6.54 Å². The number of hydrogen-bond donors (Lipinski definition) is 2. The van der Waals surface area contributed by atoms with Crippen LogP contribution in [0.15, 0.2) is 47.8 Å². The lowest BCUT2D eigenvalue weighted by Crippen LogP contribution is -2.18. The van der Waals surface area contributed by atoms with Gasteiger partial charge >= 0.3 is 0 Å². The lowest BCUT2D eigenvalue weighted by Gasteiger charge is -2.08. The van der Waals surface area contributed by atoms with Crippen LogP contribution in [0.3, 0.4) is 0 Å². The Morgan fingerprint density at radius 2 is 2.18 bits per heavy atom. The zero-order chi connectivity index (χ0) is 12.3. The van der Waals surface area contributed by atoms with Crippen LogP contribution in [0, 0.1) is 0 Å². The first-order valence-electron chi connectivity index (χ1n) is 5.08. The van der Waals surface area contributed by atoms with Crippen molar-refractivity contribution < 1.29 is 5.21 Å². The Labute approximate surface area is 104 Å². The van der Waals surface area contributed by atoms with Gasteiger partial charge in [0.15, 0.2) is 5.84 Å². The predicted molar refractivity (Wildman–Crippen MR) is 67.5 cm³/mol. The van der Waals surface area contributed by atoms with Crippen molar-refractivity contribution in [2.45, 2.75) is 6.54 Å². The number of benzene rings is 1. The monoisotopic (exact) mass is 249 g/mol. The molecular formula is C12H12ClN3O. The first kappa shape index (κ1) is 11.5. The third kappa shape index (κ3) is 2.60. The number of halogens is 1. The largest absolute Gasteiger partial charge is 0.409 e. The lowest BCUT2D eigenvalue weighted by molar-refractivity contribution is 0.318. The van der Waals surface area contributed by atoms with E-state index in [0.717, 1.165) is 5.56 Å². The summed E-state index contributed by atoms with van der Waals surface area (Å²) in [7, 11) is 0. The van der Waals surface area contributed by atoms with Gasteiger partial charge in [0, 0.05) is 17.8 Å². The van der Waals surface area contributed by atoms with Gasteiger partial charge in [0.2, 0.25) is 0 Å². The fourth-order valence-corrected chi connectivity index (χ4v) is 1.88. The molecule has 5 heteroatoms. The number of aromatic nitrogens is 1. The number of nitrogens with zero attached hydrogens (tertiary/aromatic N) is 2. The molecule has 0 saturated carbocycles. The van der Waals surface area contributed by atoms with Crippen molar-refractivity contribution in [3.8, 4) is 0 Å². The molecule has 4 nitrogen and oxygen atoms in total. The van der Waals surface area contributed by atoms with E-state index < -0.39 is 0 Å². The molecule has 0 radical (unpaired) electrons. The molecule has 0 aliphatic rings. The molecule has 2 rings (SSSR count). The summed E-state index contributed by atoms with van der Waals surface area (Å²) in [5.74, 6) is 0.0945. The van der Waals surface area contributed by atoms with E-state index in [4.69, 9.17) is 22.5 Å². The first-order valence-corrected chi connectivity index (χ1v) is 5.46. The molecule has 0 amide bonds. The first-order chi connectivity index (χ1) is 8.20. The summed E-state index contributed by atoms with van der Waals surface area (Å²) in [5, 5.41) is 12.4. The summed E-state index contributed by atoms with van der Waals surface area (Å²) < 4.78 is 1.89. The quantitative estimate of drug-likeness (QED) is 0.379. The fraction of sp³-hybridized carbons (Fsp3) is 0.0833. The maximum atomic E-state index is 8.67. The van der Waals surface area contributed by atoms with Gasteiger partial charge in [-0.2, -0.15) is 0 Å². The van der Waals surface area contributed by atoms with Crippen molar-refractivity contribution >= 4 is 17.4 Å². The zero-order valence-electron chi connectivity index (χ0n) is 9.05. The van der Waals surface area contributed by atoms with Crippen molar-refractivity contribution in [3.63, 3.8) is 0 Å². The highest BCUT2D eigenvalue weighted by atomic mass is 35.5. The summed E-state index contributed by atoms with van der Waals surface area (Å²) in [5.41, 5.74) is 7.31. The Kier molecular flexibility index (Phi) is 3.35. The molecule has 0 unspecified atom stereocenters. The third-order valence-electron chi connectivity index (χ3n) is 2.44. The molecule has 0 saturated heterocycles. The van der Waals surface area contributed by atoms with Crippen molar-refractivity contribution in [3.05, 3.63) is 58.9 Å². The van der Waals surface area contributed by atoms with E-state index in [9.17, 15) is 0 Å². The Morgan fingerprint density at radius 3 is 2.88 bits per heavy atom. The molecule has 1 heterocycles. The Balaban J connectivity index is 2.28. The van der Waals surface area contributed by atoms with Gasteiger partial charge in [-0.05, 0) is 29.8 Å². The van der Waals surface area contributed by atoms with E-state index in [1.54, 1.807) is 6.07 Å². The van der Waals surface area contributed by atoms with Crippen molar-refractivity contribution in [2.75, 3.05) is 0 Å². The molecule has 0 aliphatic carbocycles. The molecule has 0 bridgehead atoms. The summed E-state index contributed by atoms with van der Waals surface area (Å²) in [6.45, 7) is 0.624. The van der Waals surface area contributed by atoms with Crippen molar-refractivity contribution in [1.82, 2.24) is 4.57 Å². The van der Waals surface area contributed by atoms with Crippen LogP contribution < -0.4 is 5.73 Å². The number of rotatable bonds is 3. The lowest BCUT2D eigenvalue weighted by atomic mass is 10.2. The average molecular weight is 250 g/mol. The van der Waals surface area contributed by atoms with Crippen LogP contribution in [0.4, 0.5) is 0 Å². The number of amidine groups is 1. The summed E-state index contributed by atoms with van der Waals surface area (Å²) in [6.07, 6.45) is 1.87. The second-order valence-electron chi connectivity index (χ2n) is 3.64. The Bertz CT molecular complexity index is 548. The van der Waals surface area contributed by atoms with Crippen LogP contribution in [0.5, 0.6) is 0 Å². The minimum Gasteiger partial charge on any atom is -0.409 e. The number of nitrogens with two attached hydrogens (primary N) is 1. The Morgan fingerprint density at radius 1 is 1.35 bits per heavy atom. The van der Waals surface area contributed by atoms with Crippen LogP contribution >= 0.6 is 11.6 Å². The van der Waals surface area contributed by atoms with E-state index in [1.165, 1.54) is 0 Å². The van der Waals surface area contributed by atoms with Crippen molar-refractivity contribution in [1.29, 1.82) is 0 Å². The van der Waals surface area contributed by atoms with E-state index in [1.807, 2.05) is 41.1 Å². The second kappa shape index (κ2) is 4.93. The van der Waals surface area contributed by atoms with Gasteiger partial charge in [-0.1, -0.05) is 28.9 Å². The fourth-order valence-electron chi connectivity index (χ4n) is 1.67. The summed E-state index contributed by atoms with van der Waals surface area (Å²) in [4.78, 5) is 0. The van der Waals surface area contributed by atoms with Gasteiger partial charge in [-0.25, -0.2) is 0 Å². The highest BCUT2D eigenvalue weighted by Gasteiger charge is 2.06. The van der Waals surface area contributed by atoms with E-state index >= 15 is 0 Å². The molecule has 0 aliphatic heterocycles. The van der Waals surface area contributed by atoms with Gasteiger partial charge in [0.05, 0.1) is 5.69 Å². The molecule has 3 N–H and O–H groups in total. The van der Waals surface area contributed by atoms with E-state index in [-0.39, 0.29) is 5.84 Å². The molecule has 88 valence electrons. The normalized spacial score (nSPS) is 11.7. The SMILES string of the molecule is N/C(=N/O)c1cccn1Cc1cccc(Cl)c1. The minimum absolute atomic E-state index is 0.0945. The summed E-state index contributed by atoms with van der Waals surface area (Å²) in [6, 6.07) is 11.2. The average Bonchev–Trinajstić information content (AvgIpc) is 2.76. The predicted octanol–water partition coefficient (Wildman–Crippen LogP) is 2.28. The molecule has 0 atom stereocenters. The number of oxime groups is 1. The third-order valence-corrected chi connectivity index (χ3v) is 2.68. The minimum atomic E-state index is 0.0945. The topological polar surface area (TPSA) is 63.5 Å². The van der Waals surface area contributed by atoms with Crippen molar-refractivity contribution in [2.24, 2.45) is 10.9 Å². The zero-order valence-corrected chi connectivity index (χ0v) is 9.80. The van der Waals surface area contributed by atoms with Crippen LogP contribution in [-0.4, -0.2) is 15.6 Å². The molecule has 1 aromatic carbocycles. The molecule has 0 spiro atoms. The smallest absolute Gasteiger partial charge is 0.186 e. The maximum absolute atomic E-state index is 8.67. The molecule has 17 heavy (non-hydrogen) atoms. The maximum Gasteiger partial charge on any atom is 0.186 e. The molecule has 1 aromatic heterocycles. The van der Waals surface area contributed by atoms with Crippen LogP contribution in [0.25, 0.3) is 0 Å². The van der Waals surface area contributed by atoms with Gasteiger partial charge in [-0.3, -0.25) is 0 Å². The Hall–Kier alpha value is -1.94. The summed E-state index contributed by atoms with van der Waals surface area (Å²) >= 11 is 5.92. The van der Waals surface area contributed by atoms with Gasteiger partial charge < -0.3 is 15.5 Å². The van der Waals surface area contributed by atoms with E-state index in [2.05, 4.69) is 5.16 Å². The highest BCUT2D eigenvalue weighted by molar-refractivity contribution is 6.30. The number of hydrogen-bond acceptors (Lipinski definition) is 2. The van der Waals surface area contributed by atoms with Gasteiger partial charge in [0.25, 0.3) is 0 Å². The molecular weight excluding hydrogens is 238 g/mol. The molecule has 2 aromatic rings. The molecule has 0 fully saturated rings. The van der Waals surface area contributed by atoms with Gasteiger partial charge in [-0.15, -0.1) is 0 Å². The van der Waals surface area contributed by atoms with E-state index in [0.29, 0.717) is 17.3 Å². The van der Waals surface area contributed by atoms with Gasteiger partial charge in [0.1, 0.15) is 0 Å². The second-order valence-corrected chi connectivity index (χ2v) is 4.07. The standard InChI is InChI=1S/C12H12ClN3O/c13-10-4-1-3-9(7-10)8-16-6-2-5-11(16)12(14)15-17/h1-7,17H,8H2,(H2,14,15). The van der Waals surface area contributed by atoms with Crippen LogP contribution in [0.2, 0.25) is 5.02 Å². The highest BCUT2D eigenvalue weighted by Crippen LogP contribution is 2.13.